The van der Waals surface area contributed by atoms with Gasteiger partial charge in [0, 0.05) is 21.7 Å². The van der Waals surface area contributed by atoms with E-state index in [1.54, 1.807) is 56.3 Å². The van der Waals surface area contributed by atoms with Crippen molar-refractivity contribution in [1.82, 2.24) is 4.57 Å². The van der Waals surface area contributed by atoms with Gasteiger partial charge < -0.3 is 9.15 Å². The number of hydrogen-bond donors (Lipinski definition) is 0. The third-order valence-corrected chi connectivity index (χ3v) is 7.18. The van der Waals surface area contributed by atoms with Gasteiger partial charge in [0.1, 0.15) is 11.5 Å². The molecule has 0 aliphatic carbocycles. The molecule has 182 valence electrons. The van der Waals surface area contributed by atoms with Gasteiger partial charge in [-0.2, -0.15) is 0 Å². The molecule has 4 aromatic rings. The molecule has 0 bridgehead atoms. The zero-order chi connectivity index (χ0) is 25.4. The molecular formula is C27H20Cl2N2O4S. The minimum absolute atomic E-state index is 0.209. The number of thiazole rings is 1. The van der Waals surface area contributed by atoms with E-state index in [0.717, 1.165) is 11.1 Å². The summed E-state index contributed by atoms with van der Waals surface area (Å²) in [6, 6.07) is 17.3. The minimum Gasteiger partial charge on any atom is -0.463 e. The fraction of sp³-hybridized carbons (Fsp3) is 0.148. The number of rotatable bonds is 5. The Balaban J connectivity index is 1.64. The van der Waals surface area contributed by atoms with Crippen LogP contribution in [0.2, 0.25) is 10.0 Å². The summed E-state index contributed by atoms with van der Waals surface area (Å²) in [5.41, 5.74) is 2.10. The number of nitrogens with zero attached hydrogens (tertiary/aromatic N) is 2. The Kier molecular flexibility index (Phi) is 6.71. The van der Waals surface area contributed by atoms with Gasteiger partial charge in [-0.15, -0.1) is 0 Å². The average molecular weight is 539 g/mol. The van der Waals surface area contributed by atoms with E-state index in [2.05, 4.69) is 4.99 Å². The molecule has 0 unspecified atom stereocenters. The van der Waals surface area contributed by atoms with E-state index in [1.807, 2.05) is 24.3 Å². The van der Waals surface area contributed by atoms with Crippen LogP contribution < -0.4 is 14.9 Å². The van der Waals surface area contributed by atoms with E-state index < -0.39 is 12.0 Å². The van der Waals surface area contributed by atoms with Crippen LogP contribution >= 0.6 is 34.5 Å². The number of benzene rings is 2. The summed E-state index contributed by atoms with van der Waals surface area (Å²) in [7, 11) is 0. The van der Waals surface area contributed by atoms with Crippen LogP contribution in [-0.2, 0) is 9.53 Å². The first-order valence-corrected chi connectivity index (χ1v) is 12.7. The number of esters is 1. The van der Waals surface area contributed by atoms with Crippen molar-refractivity contribution in [3.63, 3.8) is 0 Å². The molecule has 0 spiro atoms. The van der Waals surface area contributed by atoms with Gasteiger partial charge in [-0.1, -0.05) is 58.8 Å². The van der Waals surface area contributed by atoms with Gasteiger partial charge in [-0.05, 0) is 55.8 Å². The van der Waals surface area contributed by atoms with E-state index in [1.165, 1.54) is 15.9 Å². The van der Waals surface area contributed by atoms with Crippen LogP contribution in [0.1, 0.15) is 31.2 Å². The Morgan fingerprint density at radius 1 is 1.14 bits per heavy atom. The standard InChI is InChI=1S/C27H20Cl2N2O4S/c1-3-34-26(33)23-15(2)30-27-31(24(23)16-7-9-18(28)10-8-16)25(32)22(36-27)14-20-11-12-21(35-20)17-5-4-6-19(29)13-17/h4-14,24H,3H2,1-2H3/t24-/m1/s1. The number of fused-ring (bicyclic) bond motifs is 1. The first-order valence-electron chi connectivity index (χ1n) is 11.2. The van der Waals surface area contributed by atoms with Crippen molar-refractivity contribution in [3.05, 3.63) is 113 Å². The van der Waals surface area contributed by atoms with E-state index in [4.69, 9.17) is 32.4 Å². The van der Waals surface area contributed by atoms with Crippen molar-refractivity contribution in [2.24, 2.45) is 4.99 Å². The molecule has 36 heavy (non-hydrogen) atoms. The molecule has 5 rings (SSSR count). The highest BCUT2D eigenvalue weighted by molar-refractivity contribution is 7.07. The third-order valence-electron chi connectivity index (χ3n) is 5.71. The predicted octanol–water partition coefficient (Wildman–Crippen LogP) is 5.37. The molecular weight excluding hydrogens is 519 g/mol. The molecule has 3 heterocycles. The minimum atomic E-state index is -0.696. The predicted molar refractivity (Wildman–Crippen MR) is 141 cm³/mol. The van der Waals surface area contributed by atoms with Crippen molar-refractivity contribution < 1.29 is 13.9 Å². The average Bonchev–Trinajstić information content (AvgIpc) is 3.43. The van der Waals surface area contributed by atoms with Gasteiger partial charge in [0.2, 0.25) is 0 Å². The second-order valence-electron chi connectivity index (χ2n) is 8.07. The number of carbonyl (C=O) groups excluding carboxylic acids is 1. The Morgan fingerprint density at radius 2 is 1.92 bits per heavy atom. The van der Waals surface area contributed by atoms with Crippen LogP contribution in [0.15, 0.2) is 86.1 Å². The summed E-state index contributed by atoms with van der Waals surface area (Å²) in [6.45, 7) is 3.69. The van der Waals surface area contributed by atoms with E-state index in [-0.39, 0.29) is 12.2 Å². The van der Waals surface area contributed by atoms with Crippen LogP contribution in [0.4, 0.5) is 0 Å². The largest absolute Gasteiger partial charge is 0.463 e. The smallest absolute Gasteiger partial charge is 0.338 e. The zero-order valence-corrected chi connectivity index (χ0v) is 21.7. The summed E-state index contributed by atoms with van der Waals surface area (Å²) in [5.74, 6) is 0.640. The van der Waals surface area contributed by atoms with Gasteiger partial charge in [-0.25, -0.2) is 9.79 Å². The number of allylic oxidation sites excluding steroid dienone is 1. The first kappa shape index (κ1) is 24.3. The molecule has 1 aliphatic rings. The molecule has 2 aromatic heterocycles. The third kappa shape index (κ3) is 4.57. The normalized spacial score (nSPS) is 15.6. The summed E-state index contributed by atoms with van der Waals surface area (Å²) < 4.78 is 13.2. The van der Waals surface area contributed by atoms with E-state index in [0.29, 0.717) is 42.2 Å². The molecule has 2 aromatic carbocycles. The Labute approximate surface area is 220 Å². The molecule has 9 heteroatoms. The topological polar surface area (TPSA) is 73.8 Å². The summed E-state index contributed by atoms with van der Waals surface area (Å²) in [6.07, 6.45) is 1.68. The van der Waals surface area contributed by atoms with Crippen LogP contribution in [-0.4, -0.2) is 17.1 Å². The van der Waals surface area contributed by atoms with Crippen molar-refractivity contribution in [2.45, 2.75) is 19.9 Å². The Bertz CT molecular complexity index is 1680. The van der Waals surface area contributed by atoms with Gasteiger partial charge in [0.05, 0.1) is 28.5 Å². The second kappa shape index (κ2) is 9.93. The number of carbonyl (C=O) groups is 1. The molecule has 0 saturated carbocycles. The van der Waals surface area contributed by atoms with Crippen molar-refractivity contribution in [1.29, 1.82) is 0 Å². The maximum absolute atomic E-state index is 13.6. The SMILES string of the molecule is CCOC(=O)C1=C(C)N=c2sc(=Cc3ccc(-c4cccc(Cl)c4)o3)c(=O)n2[C@@H]1c1ccc(Cl)cc1. The van der Waals surface area contributed by atoms with Crippen LogP contribution in [0.25, 0.3) is 17.4 Å². The lowest BCUT2D eigenvalue weighted by atomic mass is 9.96. The van der Waals surface area contributed by atoms with Crippen molar-refractivity contribution in [3.8, 4) is 11.3 Å². The van der Waals surface area contributed by atoms with Crippen molar-refractivity contribution in [2.75, 3.05) is 6.61 Å². The molecule has 1 aliphatic heterocycles. The highest BCUT2D eigenvalue weighted by atomic mass is 35.5. The molecule has 0 radical (unpaired) electrons. The van der Waals surface area contributed by atoms with Crippen LogP contribution in [0.5, 0.6) is 0 Å². The summed E-state index contributed by atoms with van der Waals surface area (Å²) in [5, 5.41) is 1.16. The quantitative estimate of drug-likeness (QED) is 0.320. The van der Waals surface area contributed by atoms with Gasteiger partial charge in [-0.3, -0.25) is 9.36 Å². The second-order valence-corrected chi connectivity index (χ2v) is 9.95. The Morgan fingerprint density at radius 3 is 2.64 bits per heavy atom. The summed E-state index contributed by atoms with van der Waals surface area (Å²) >= 11 is 13.4. The van der Waals surface area contributed by atoms with Crippen LogP contribution in [0.3, 0.4) is 0 Å². The lowest BCUT2D eigenvalue weighted by Gasteiger charge is -2.24. The Hall–Kier alpha value is -3.39. The van der Waals surface area contributed by atoms with E-state index >= 15 is 0 Å². The first-order chi connectivity index (χ1) is 17.4. The van der Waals surface area contributed by atoms with Crippen molar-refractivity contribution >= 4 is 46.6 Å². The zero-order valence-electron chi connectivity index (χ0n) is 19.3. The highest BCUT2D eigenvalue weighted by Crippen LogP contribution is 2.31. The highest BCUT2D eigenvalue weighted by Gasteiger charge is 2.33. The molecule has 0 saturated heterocycles. The number of furan rings is 1. The fourth-order valence-corrected chi connectivity index (χ4v) is 5.45. The lowest BCUT2D eigenvalue weighted by Crippen LogP contribution is -2.39. The number of halogens is 2. The molecule has 1 atom stereocenters. The molecule has 0 N–H and O–H groups in total. The van der Waals surface area contributed by atoms with Gasteiger partial charge in [0.25, 0.3) is 5.56 Å². The van der Waals surface area contributed by atoms with E-state index in [9.17, 15) is 9.59 Å². The van der Waals surface area contributed by atoms with Crippen LogP contribution in [0, 0.1) is 0 Å². The monoisotopic (exact) mass is 538 g/mol. The molecule has 0 fully saturated rings. The molecule has 0 amide bonds. The maximum atomic E-state index is 13.6. The number of aromatic nitrogens is 1. The summed E-state index contributed by atoms with van der Waals surface area (Å²) in [4.78, 5) is 31.6. The van der Waals surface area contributed by atoms with Gasteiger partial charge >= 0.3 is 5.97 Å². The fourth-order valence-electron chi connectivity index (χ4n) is 4.11. The number of hydrogen-bond acceptors (Lipinski definition) is 6. The number of ether oxygens (including phenoxy) is 1. The lowest BCUT2D eigenvalue weighted by molar-refractivity contribution is -0.139. The maximum Gasteiger partial charge on any atom is 0.338 e. The van der Waals surface area contributed by atoms with Gasteiger partial charge in [0.15, 0.2) is 4.80 Å². The molecule has 6 nitrogen and oxygen atoms in total.